The van der Waals surface area contributed by atoms with Crippen molar-refractivity contribution in [1.82, 2.24) is 20.2 Å². The van der Waals surface area contributed by atoms with E-state index in [1.54, 1.807) is 6.20 Å². The van der Waals surface area contributed by atoms with Gasteiger partial charge in [0.25, 0.3) is 0 Å². The molecule has 6 heteroatoms. The monoisotopic (exact) mass is 358 g/mol. The molecule has 1 saturated heterocycles. The molecule has 0 aliphatic carbocycles. The Morgan fingerprint density at radius 1 is 1.31 bits per heavy atom. The third kappa shape index (κ3) is 3.29. The first kappa shape index (κ1) is 17.0. The van der Waals surface area contributed by atoms with E-state index in [9.17, 15) is 0 Å². The Bertz CT molecular complexity index is 904. The van der Waals surface area contributed by atoms with E-state index in [1.807, 2.05) is 18.2 Å². The minimum Gasteiger partial charge on any atom is -0.356 e. The number of nitrogens with zero attached hydrogens (tertiary/aromatic N) is 4. The van der Waals surface area contributed by atoms with Crippen LogP contribution in [0.5, 0.6) is 0 Å². The molecule has 1 aliphatic heterocycles. The topological polar surface area (TPSA) is 83.7 Å². The second-order valence-electron chi connectivity index (χ2n) is 7.64. The van der Waals surface area contributed by atoms with E-state index in [1.165, 1.54) is 0 Å². The highest BCUT2D eigenvalue weighted by Crippen LogP contribution is 2.28. The van der Waals surface area contributed by atoms with E-state index >= 15 is 0 Å². The molecule has 0 saturated carbocycles. The number of anilines is 1. The van der Waals surface area contributed by atoms with Gasteiger partial charge >= 0.3 is 0 Å². The lowest BCUT2D eigenvalue weighted by Crippen LogP contribution is -2.47. The third-order valence-electron chi connectivity index (χ3n) is 5.21. The Morgan fingerprint density at radius 3 is 3.04 bits per heavy atom. The lowest BCUT2D eigenvalue weighted by Gasteiger charge is -2.38. The van der Waals surface area contributed by atoms with Gasteiger partial charge in [-0.2, -0.15) is 5.10 Å². The Morgan fingerprint density at radius 2 is 2.19 bits per heavy atom. The van der Waals surface area contributed by atoms with Gasteiger partial charge in [0.2, 0.25) is 0 Å². The summed E-state index contributed by atoms with van der Waals surface area (Å²) in [5.74, 6) is 2.19. The summed E-state index contributed by atoms with van der Waals surface area (Å²) in [5, 5.41) is 8.37. The van der Waals surface area contributed by atoms with Gasteiger partial charge in [0.05, 0.1) is 11.4 Å². The molecule has 6 nitrogen and oxygen atoms in total. The van der Waals surface area contributed by atoms with E-state index in [0.29, 0.717) is 17.9 Å². The van der Waals surface area contributed by atoms with Crippen LogP contribution in [0.15, 0.2) is 36.5 Å². The number of H-pyrrole nitrogens is 1. The Balaban J connectivity index is 0.00000210. The summed E-state index contributed by atoms with van der Waals surface area (Å²) < 4.78 is 0. The molecule has 2 atom stereocenters. The summed E-state index contributed by atoms with van der Waals surface area (Å²) in [4.78, 5) is 11.6. The van der Waals surface area contributed by atoms with Crippen LogP contribution in [-0.4, -0.2) is 39.3 Å². The largest absolute Gasteiger partial charge is 0.356 e. The van der Waals surface area contributed by atoms with Crippen molar-refractivity contribution in [3.63, 3.8) is 0 Å². The van der Waals surface area contributed by atoms with Crippen LogP contribution in [-0.2, 0) is 0 Å². The summed E-state index contributed by atoms with van der Waals surface area (Å²) in [6.45, 7) is 6.46. The molecule has 3 N–H and O–H groups in total. The number of pyridine rings is 2. The summed E-state index contributed by atoms with van der Waals surface area (Å²) in [5.41, 5.74) is 8.90. The highest BCUT2D eigenvalue weighted by atomic mass is 15.2. The zero-order chi connectivity index (χ0) is 18.1. The van der Waals surface area contributed by atoms with Gasteiger partial charge in [0, 0.05) is 36.4 Å². The molecule has 4 rings (SSSR count). The SMILES string of the molecule is CC(C)C[C@@H]1CN(c2cccc(-c3[nH]nc4ncccc34)n2)CC[C@H]1N.[HH].[HH].[HH].[HH]. The van der Waals surface area contributed by atoms with E-state index in [4.69, 9.17) is 10.7 Å². The quantitative estimate of drug-likeness (QED) is 0.730. The predicted octanol–water partition coefficient (Wildman–Crippen LogP) is 4.20. The number of rotatable bonds is 4. The highest BCUT2D eigenvalue weighted by molar-refractivity contribution is 5.89. The van der Waals surface area contributed by atoms with Gasteiger partial charge in [-0.05, 0) is 48.9 Å². The lowest BCUT2D eigenvalue weighted by atomic mass is 9.86. The van der Waals surface area contributed by atoms with Crippen molar-refractivity contribution in [2.75, 3.05) is 18.0 Å². The molecule has 0 spiro atoms. The zero-order valence-corrected chi connectivity index (χ0v) is 15.4. The average molecular weight is 359 g/mol. The van der Waals surface area contributed by atoms with Crippen LogP contribution in [0, 0.1) is 11.8 Å². The van der Waals surface area contributed by atoms with Crippen LogP contribution >= 0.6 is 0 Å². The van der Waals surface area contributed by atoms with Gasteiger partial charge in [-0.1, -0.05) is 19.9 Å². The first-order valence-electron chi connectivity index (χ1n) is 9.39. The molecule has 1 fully saturated rings. The lowest BCUT2D eigenvalue weighted by molar-refractivity contribution is 0.303. The molecular formula is C20H34N6. The van der Waals surface area contributed by atoms with Crippen molar-refractivity contribution >= 4 is 16.9 Å². The number of aromatic nitrogens is 4. The van der Waals surface area contributed by atoms with Crippen molar-refractivity contribution in [2.45, 2.75) is 32.7 Å². The maximum Gasteiger partial charge on any atom is 0.181 e. The third-order valence-corrected chi connectivity index (χ3v) is 5.21. The van der Waals surface area contributed by atoms with E-state index in [-0.39, 0.29) is 5.71 Å². The van der Waals surface area contributed by atoms with E-state index < -0.39 is 0 Å². The van der Waals surface area contributed by atoms with Gasteiger partial charge in [0.1, 0.15) is 5.82 Å². The number of hydrogen-bond acceptors (Lipinski definition) is 5. The summed E-state index contributed by atoms with van der Waals surface area (Å²) >= 11 is 0. The van der Waals surface area contributed by atoms with Crippen molar-refractivity contribution in [2.24, 2.45) is 17.6 Å². The van der Waals surface area contributed by atoms with Crippen LogP contribution in [0.3, 0.4) is 0 Å². The van der Waals surface area contributed by atoms with Crippen LogP contribution in [0.25, 0.3) is 22.4 Å². The molecule has 3 aromatic rings. The van der Waals surface area contributed by atoms with Gasteiger partial charge in [0.15, 0.2) is 5.65 Å². The fraction of sp³-hybridized carbons (Fsp3) is 0.450. The van der Waals surface area contributed by atoms with E-state index in [0.717, 1.165) is 54.2 Å². The van der Waals surface area contributed by atoms with Crippen LogP contribution < -0.4 is 10.6 Å². The van der Waals surface area contributed by atoms with Gasteiger partial charge in [-0.3, -0.25) is 5.10 Å². The minimum atomic E-state index is 0. The zero-order valence-electron chi connectivity index (χ0n) is 15.4. The number of aromatic amines is 1. The fourth-order valence-corrected chi connectivity index (χ4v) is 3.90. The molecule has 26 heavy (non-hydrogen) atoms. The molecule has 0 bridgehead atoms. The molecule has 1 aliphatic rings. The Labute approximate surface area is 159 Å². The van der Waals surface area contributed by atoms with Crippen molar-refractivity contribution in [3.05, 3.63) is 36.5 Å². The molecule has 0 radical (unpaired) electrons. The normalized spacial score (nSPS) is 20.8. The van der Waals surface area contributed by atoms with Crippen molar-refractivity contribution < 1.29 is 5.71 Å². The molecule has 144 valence electrons. The van der Waals surface area contributed by atoms with Gasteiger partial charge < -0.3 is 10.6 Å². The Hall–Kier alpha value is -2.47. The van der Waals surface area contributed by atoms with Crippen LogP contribution in [0.1, 0.15) is 32.4 Å². The van der Waals surface area contributed by atoms with Gasteiger partial charge in [-0.25, -0.2) is 9.97 Å². The highest BCUT2D eigenvalue weighted by Gasteiger charge is 2.28. The minimum absolute atomic E-state index is 0. The number of nitrogens with one attached hydrogen (secondary N) is 1. The molecule has 0 unspecified atom stereocenters. The Kier molecular flexibility index (Phi) is 4.59. The maximum atomic E-state index is 6.37. The molecule has 0 aromatic carbocycles. The number of hydrogen-bond donors (Lipinski definition) is 2. The molecule has 3 aromatic heterocycles. The number of piperidine rings is 1. The summed E-state index contributed by atoms with van der Waals surface area (Å²) in [6.07, 6.45) is 3.93. The summed E-state index contributed by atoms with van der Waals surface area (Å²) in [7, 11) is 0. The average Bonchev–Trinajstić information content (AvgIpc) is 3.07. The maximum absolute atomic E-state index is 6.37. The van der Waals surface area contributed by atoms with Gasteiger partial charge in [-0.15, -0.1) is 0 Å². The second kappa shape index (κ2) is 7.03. The standard InChI is InChI=1S/C20H26N6.4H2/c1-13(2)11-14-12-26(10-8-16(14)21)18-7-3-6-17(23-18)19-15-5-4-9-22-20(15)25-24-19;;;;/h3-7,9,13-14,16H,8,10-12,21H2,1-2H3,(H,22,24,25);4*1H/t14-,16-;;;;/m1..../s1. The molecular weight excluding hydrogens is 324 g/mol. The second-order valence-corrected chi connectivity index (χ2v) is 7.64. The predicted molar refractivity (Wildman–Crippen MR) is 113 cm³/mol. The first-order chi connectivity index (χ1) is 12.6. The molecule has 0 amide bonds. The summed E-state index contributed by atoms with van der Waals surface area (Å²) in [6, 6.07) is 10.4. The van der Waals surface area contributed by atoms with Crippen LogP contribution in [0.4, 0.5) is 5.82 Å². The first-order valence-corrected chi connectivity index (χ1v) is 9.39. The van der Waals surface area contributed by atoms with Crippen LogP contribution in [0.2, 0.25) is 0 Å². The van der Waals surface area contributed by atoms with Crippen molar-refractivity contribution in [3.8, 4) is 11.4 Å². The van der Waals surface area contributed by atoms with E-state index in [2.05, 4.69) is 46.1 Å². The molecule has 4 heterocycles. The number of fused-ring (bicyclic) bond motifs is 1. The van der Waals surface area contributed by atoms with Crippen molar-refractivity contribution in [1.29, 1.82) is 0 Å². The smallest absolute Gasteiger partial charge is 0.181 e. The number of nitrogens with two attached hydrogens (primary N) is 1. The fourth-order valence-electron chi connectivity index (χ4n) is 3.90.